The lowest BCUT2D eigenvalue weighted by atomic mass is 10.1. The summed E-state index contributed by atoms with van der Waals surface area (Å²) in [5, 5.41) is 8.89. The number of benzene rings is 2. The second kappa shape index (κ2) is 9.74. The van der Waals surface area contributed by atoms with E-state index in [0.717, 1.165) is 17.0 Å². The van der Waals surface area contributed by atoms with E-state index in [4.69, 9.17) is 4.74 Å². The van der Waals surface area contributed by atoms with Crippen molar-refractivity contribution in [2.75, 3.05) is 6.61 Å². The molecule has 0 fully saturated rings. The molecule has 8 heteroatoms. The Hall–Kier alpha value is -3.52. The zero-order valence-corrected chi connectivity index (χ0v) is 18.4. The minimum atomic E-state index is -0.448. The molecule has 0 radical (unpaired) electrons. The molecule has 1 atom stereocenters. The van der Waals surface area contributed by atoms with Gasteiger partial charge < -0.3 is 4.74 Å². The summed E-state index contributed by atoms with van der Waals surface area (Å²) in [7, 11) is 0. The molecule has 0 N–H and O–H groups in total. The predicted octanol–water partition coefficient (Wildman–Crippen LogP) is 5.23. The predicted molar refractivity (Wildman–Crippen MR) is 122 cm³/mol. The third kappa shape index (κ3) is 4.70. The Morgan fingerprint density at radius 1 is 1.03 bits per heavy atom. The molecule has 0 saturated heterocycles. The molecule has 32 heavy (non-hydrogen) atoms. The summed E-state index contributed by atoms with van der Waals surface area (Å²) in [5.41, 5.74) is 2.15. The fourth-order valence-electron chi connectivity index (χ4n) is 3.19. The van der Waals surface area contributed by atoms with Gasteiger partial charge >= 0.3 is 0 Å². The molecule has 2 heterocycles. The van der Waals surface area contributed by atoms with Crippen LogP contribution in [-0.2, 0) is 0 Å². The van der Waals surface area contributed by atoms with Crippen LogP contribution in [0, 0.1) is 5.82 Å². The first-order valence-electron chi connectivity index (χ1n) is 10.1. The van der Waals surface area contributed by atoms with Gasteiger partial charge in [-0.05, 0) is 74.5 Å². The number of hydrogen-bond donors (Lipinski definition) is 0. The average Bonchev–Trinajstić information content (AvgIpc) is 3.24. The van der Waals surface area contributed by atoms with Gasteiger partial charge in [-0.1, -0.05) is 11.8 Å². The van der Waals surface area contributed by atoms with Crippen molar-refractivity contribution in [3.05, 3.63) is 84.4 Å². The number of carbonyl (C=O) groups excluding carboxylic acids is 1. The highest BCUT2D eigenvalue weighted by Gasteiger charge is 2.23. The molecular weight excluding hydrogens is 427 g/mol. The van der Waals surface area contributed by atoms with Crippen molar-refractivity contribution in [1.82, 2.24) is 19.7 Å². The maximum absolute atomic E-state index is 13.2. The van der Waals surface area contributed by atoms with Crippen LogP contribution in [0.5, 0.6) is 5.75 Å². The minimum Gasteiger partial charge on any atom is -0.494 e. The van der Waals surface area contributed by atoms with Crippen LogP contribution in [0.15, 0.2) is 78.2 Å². The SMILES string of the molecule is CCOc1ccc(-n2c(SC(C)C(=O)c3ccc(F)cc3)nnc2-c2ccncc2)cc1. The summed E-state index contributed by atoms with van der Waals surface area (Å²) in [6, 6.07) is 16.9. The molecule has 2 aromatic heterocycles. The lowest BCUT2D eigenvalue weighted by Crippen LogP contribution is -2.14. The van der Waals surface area contributed by atoms with Crippen molar-refractivity contribution < 1.29 is 13.9 Å². The number of rotatable bonds is 8. The van der Waals surface area contributed by atoms with Gasteiger partial charge in [0.15, 0.2) is 16.8 Å². The molecule has 0 aliphatic heterocycles. The number of ketones is 1. The minimum absolute atomic E-state index is 0.110. The Bertz CT molecular complexity index is 1200. The maximum atomic E-state index is 13.2. The highest BCUT2D eigenvalue weighted by Crippen LogP contribution is 2.31. The zero-order valence-electron chi connectivity index (χ0n) is 17.6. The summed E-state index contributed by atoms with van der Waals surface area (Å²) in [4.78, 5) is 16.9. The fourth-order valence-corrected chi connectivity index (χ4v) is 4.13. The number of carbonyl (C=O) groups is 1. The van der Waals surface area contributed by atoms with Crippen LogP contribution in [-0.4, -0.2) is 37.4 Å². The Morgan fingerprint density at radius 2 is 1.72 bits per heavy atom. The molecule has 2 aromatic carbocycles. The fraction of sp³-hybridized carbons (Fsp3) is 0.167. The van der Waals surface area contributed by atoms with Crippen molar-refractivity contribution in [3.63, 3.8) is 0 Å². The van der Waals surface area contributed by atoms with Crippen molar-refractivity contribution in [3.8, 4) is 22.8 Å². The molecule has 0 spiro atoms. The van der Waals surface area contributed by atoms with Gasteiger partial charge in [0, 0.05) is 29.2 Å². The van der Waals surface area contributed by atoms with Gasteiger partial charge in [0.1, 0.15) is 11.6 Å². The van der Waals surface area contributed by atoms with Gasteiger partial charge in [0.2, 0.25) is 0 Å². The average molecular weight is 449 g/mol. The van der Waals surface area contributed by atoms with Gasteiger partial charge in [-0.25, -0.2) is 4.39 Å². The van der Waals surface area contributed by atoms with Crippen LogP contribution in [0.25, 0.3) is 17.1 Å². The first kappa shape index (κ1) is 21.7. The summed E-state index contributed by atoms with van der Waals surface area (Å²) < 4.78 is 20.7. The Balaban J connectivity index is 1.69. The van der Waals surface area contributed by atoms with Crippen LogP contribution in [0.3, 0.4) is 0 Å². The molecule has 0 amide bonds. The summed E-state index contributed by atoms with van der Waals surface area (Å²) >= 11 is 1.30. The topological polar surface area (TPSA) is 69.9 Å². The van der Waals surface area contributed by atoms with E-state index in [2.05, 4.69) is 15.2 Å². The number of nitrogens with zero attached hydrogens (tertiary/aromatic N) is 4. The van der Waals surface area contributed by atoms with E-state index >= 15 is 0 Å². The van der Waals surface area contributed by atoms with Gasteiger partial charge in [-0.3, -0.25) is 14.3 Å². The number of ether oxygens (including phenoxy) is 1. The quantitative estimate of drug-likeness (QED) is 0.272. The first-order valence-corrected chi connectivity index (χ1v) is 11.0. The number of thioether (sulfide) groups is 1. The van der Waals surface area contributed by atoms with Gasteiger partial charge in [-0.2, -0.15) is 0 Å². The molecular formula is C24H21FN4O2S. The molecule has 0 aliphatic rings. The van der Waals surface area contributed by atoms with E-state index in [0.29, 0.717) is 23.2 Å². The third-order valence-corrected chi connectivity index (χ3v) is 5.80. The van der Waals surface area contributed by atoms with Gasteiger partial charge in [0.05, 0.1) is 11.9 Å². The van der Waals surface area contributed by atoms with Gasteiger partial charge in [-0.15, -0.1) is 10.2 Å². The van der Waals surface area contributed by atoms with Crippen LogP contribution in [0.1, 0.15) is 24.2 Å². The Kier molecular flexibility index (Phi) is 6.61. The molecule has 0 saturated carbocycles. The van der Waals surface area contributed by atoms with E-state index in [9.17, 15) is 9.18 Å². The summed E-state index contributed by atoms with van der Waals surface area (Å²) in [6.07, 6.45) is 3.39. The number of Topliss-reactive ketones (excluding diaryl/α,β-unsaturated/α-hetero) is 1. The zero-order chi connectivity index (χ0) is 22.5. The van der Waals surface area contributed by atoms with Crippen LogP contribution in [0.4, 0.5) is 4.39 Å². The monoisotopic (exact) mass is 448 g/mol. The first-order chi connectivity index (χ1) is 15.6. The highest BCUT2D eigenvalue weighted by atomic mass is 32.2. The third-order valence-electron chi connectivity index (χ3n) is 4.76. The Morgan fingerprint density at radius 3 is 2.38 bits per heavy atom. The number of aromatic nitrogens is 4. The molecule has 1 unspecified atom stereocenters. The van der Waals surface area contributed by atoms with Gasteiger partial charge in [0.25, 0.3) is 0 Å². The van der Waals surface area contributed by atoms with Crippen LogP contribution in [0.2, 0.25) is 0 Å². The summed E-state index contributed by atoms with van der Waals surface area (Å²) in [5.74, 6) is 0.921. The molecule has 4 rings (SSSR count). The van der Waals surface area contributed by atoms with E-state index < -0.39 is 5.25 Å². The lowest BCUT2D eigenvalue weighted by molar-refractivity contribution is 0.0994. The highest BCUT2D eigenvalue weighted by molar-refractivity contribution is 8.00. The molecule has 162 valence electrons. The summed E-state index contributed by atoms with van der Waals surface area (Å²) in [6.45, 7) is 4.32. The lowest BCUT2D eigenvalue weighted by Gasteiger charge is -2.14. The maximum Gasteiger partial charge on any atom is 0.196 e. The van der Waals surface area contributed by atoms with Crippen LogP contribution < -0.4 is 4.74 Å². The van der Waals surface area contributed by atoms with Crippen LogP contribution >= 0.6 is 11.8 Å². The van der Waals surface area contributed by atoms with E-state index in [-0.39, 0.29) is 11.6 Å². The number of halogens is 1. The van der Waals surface area contributed by atoms with E-state index in [1.165, 1.54) is 36.0 Å². The Labute approximate surface area is 189 Å². The normalized spacial score (nSPS) is 11.8. The van der Waals surface area contributed by atoms with Crippen molar-refractivity contribution in [1.29, 1.82) is 0 Å². The second-order valence-corrected chi connectivity index (χ2v) is 8.24. The second-order valence-electron chi connectivity index (χ2n) is 6.94. The van der Waals surface area contributed by atoms with Crippen molar-refractivity contribution >= 4 is 17.5 Å². The van der Waals surface area contributed by atoms with Crippen molar-refractivity contribution in [2.24, 2.45) is 0 Å². The molecule has 6 nitrogen and oxygen atoms in total. The van der Waals surface area contributed by atoms with E-state index in [1.807, 2.05) is 47.9 Å². The number of pyridine rings is 1. The molecule has 4 aromatic rings. The smallest absolute Gasteiger partial charge is 0.196 e. The standard InChI is InChI=1S/C24H21FN4O2S/c1-3-31-21-10-8-20(9-11-21)29-23(18-12-14-26-15-13-18)27-28-24(29)32-16(2)22(30)17-4-6-19(25)7-5-17/h4-16H,3H2,1-2H3. The number of hydrogen-bond acceptors (Lipinski definition) is 6. The molecule has 0 bridgehead atoms. The van der Waals surface area contributed by atoms with Crippen molar-refractivity contribution in [2.45, 2.75) is 24.3 Å². The van der Waals surface area contributed by atoms with E-state index in [1.54, 1.807) is 19.3 Å². The largest absolute Gasteiger partial charge is 0.494 e. The molecule has 0 aliphatic carbocycles.